The van der Waals surface area contributed by atoms with E-state index in [4.69, 9.17) is 9.47 Å². The molecule has 1 aliphatic heterocycles. The zero-order chi connectivity index (χ0) is 15.8. The largest absolute Gasteiger partial charge is 0.454 e. The van der Waals surface area contributed by atoms with Crippen LogP contribution in [0.2, 0.25) is 0 Å². The molecule has 5 nitrogen and oxygen atoms in total. The Morgan fingerprint density at radius 3 is 2.87 bits per heavy atom. The Kier molecular flexibility index (Phi) is 3.53. The van der Waals surface area contributed by atoms with Crippen molar-refractivity contribution in [2.24, 2.45) is 0 Å². The Morgan fingerprint density at radius 2 is 1.96 bits per heavy atom. The summed E-state index contributed by atoms with van der Waals surface area (Å²) >= 11 is 2.18. The summed E-state index contributed by atoms with van der Waals surface area (Å²) in [4.78, 5) is 19.4. The first-order chi connectivity index (χ1) is 11.2. The van der Waals surface area contributed by atoms with Crippen LogP contribution in [0.15, 0.2) is 41.2 Å². The summed E-state index contributed by atoms with van der Waals surface area (Å²) < 4.78 is 11.6. The van der Waals surface area contributed by atoms with Crippen LogP contribution in [0.3, 0.4) is 0 Å². The first-order valence-electron chi connectivity index (χ1n) is 6.96. The van der Waals surface area contributed by atoms with E-state index in [2.05, 4.69) is 32.6 Å². The van der Waals surface area contributed by atoms with Crippen molar-refractivity contribution in [3.8, 4) is 11.5 Å². The molecule has 114 valence electrons. The van der Waals surface area contributed by atoms with Gasteiger partial charge < -0.3 is 14.5 Å². The fourth-order valence-electron chi connectivity index (χ4n) is 2.40. The average molecular weight is 418 g/mol. The third-order valence-corrected chi connectivity index (χ3v) is 4.19. The molecule has 1 aromatic heterocycles. The van der Waals surface area contributed by atoms with E-state index >= 15 is 0 Å². The normalized spacial score (nSPS) is 13.1. The number of fused-ring (bicyclic) bond motifs is 2. The highest BCUT2D eigenvalue weighted by Crippen LogP contribution is 2.32. The molecular formula is C17H11IN2O3. The molecule has 1 N–H and O–H groups in total. The SMILES string of the molecule is O=c1[nH]c(/C=C/c2ccc3c(c2)OCO3)nc2ccc(I)cc12. The lowest BCUT2D eigenvalue weighted by Gasteiger charge is -2.00. The number of halogens is 1. The van der Waals surface area contributed by atoms with Crippen molar-refractivity contribution in [1.29, 1.82) is 0 Å². The lowest BCUT2D eigenvalue weighted by atomic mass is 10.2. The molecule has 0 saturated heterocycles. The average Bonchev–Trinajstić information content (AvgIpc) is 3.01. The van der Waals surface area contributed by atoms with Crippen LogP contribution in [0.4, 0.5) is 0 Å². The molecule has 4 rings (SSSR count). The third-order valence-electron chi connectivity index (χ3n) is 3.52. The van der Waals surface area contributed by atoms with Gasteiger partial charge in [0, 0.05) is 3.57 Å². The van der Waals surface area contributed by atoms with Gasteiger partial charge in [-0.1, -0.05) is 12.1 Å². The zero-order valence-corrected chi connectivity index (χ0v) is 14.0. The summed E-state index contributed by atoms with van der Waals surface area (Å²) in [6, 6.07) is 11.3. The molecule has 2 aromatic carbocycles. The van der Waals surface area contributed by atoms with Gasteiger partial charge in [0.1, 0.15) is 5.82 Å². The Balaban J connectivity index is 1.70. The van der Waals surface area contributed by atoms with Gasteiger partial charge in [0.25, 0.3) is 5.56 Å². The minimum Gasteiger partial charge on any atom is -0.454 e. The van der Waals surface area contributed by atoms with Gasteiger partial charge in [-0.2, -0.15) is 0 Å². The molecule has 0 unspecified atom stereocenters. The standard InChI is InChI=1S/C17H11IN2O3/c18-11-3-4-13-12(8-11)17(21)20-16(19-13)6-2-10-1-5-14-15(7-10)23-9-22-14/h1-8H,9H2,(H,19,20,21)/b6-2+. The van der Waals surface area contributed by atoms with E-state index in [1.165, 1.54) is 0 Å². The van der Waals surface area contributed by atoms with Gasteiger partial charge >= 0.3 is 0 Å². The Labute approximate surface area is 145 Å². The van der Waals surface area contributed by atoms with Crippen molar-refractivity contribution in [2.45, 2.75) is 0 Å². The summed E-state index contributed by atoms with van der Waals surface area (Å²) in [6.45, 7) is 0.251. The number of ether oxygens (including phenoxy) is 2. The second-order valence-corrected chi connectivity index (χ2v) is 6.30. The summed E-state index contributed by atoms with van der Waals surface area (Å²) in [6.07, 6.45) is 3.65. The molecule has 6 heteroatoms. The predicted octanol–water partition coefficient (Wildman–Crippen LogP) is 3.43. The fourth-order valence-corrected chi connectivity index (χ4v) is 2.89. The quantitative estimate of drug-likeness (QED) is 0.648. The van der Waals surface area contributed by atoms with E-state index in [0.29, 0.717) is 16.7 Å². The predicted molar refractivity (Wildman–Crippen MR) is 96.6 cm³/mol. The fraction of sp³-hybridized carbons (Fsp3) is 0.0588. The maximum atomic E-state index is 12.1. The Hall–Kier alpha value is -2.35. The monoisotopic (exact) mass is 418 g/mol. The van der Waals surface area contributed by atoms with Gasteiger partial charge in [0.15, 0.2) is 11.5 Å². The number of H-pyrrole nitrogens is 1. The maximum absolute atomic E-state index is 12.1. The first-order valence-corrected chi connectivity index (χ1v) is 8.04. The number of aromatic nitrogens is 2. The van der Waals surface area contributed by atoms with Crippen molar-refractivity contribution < 1.29 is 9.47 Å². The van der Waals surface area contributed by atoms with Crippen molar-refractivity contribution in [1.82, 2.24) is 9.97 Å². The van der Waals surface area contributed by atoms with Crippen LogP contribution in [0, 0.1) is 3.57 Å². The Morgan fingerprint density at radius 1 is 1.09 bits per heavy atom. The number of aromatic amines is 1. The number of nitrogens with zero attached hydrogens (tertiary/aromatic N) is 1. The molecule has 0 atom stereocenters. The van der Waals surface area contributed by atoms with Gasteiger partial charge in [0.2, 0.25) is 6.79 Å². The minimum absolute atomic E-state index is 0.140. The van der Waals surface area contributed by atoms with Crippen LogP contribution in [0.25, 0.3) is 23.1 Å². The van der Waals surface area contributed by atoms with E-state index in [1.54, 1.807) is 6.08 Å². The molecule has 3 aromatic rings. The van der Waals surface area contributed by atoms with Gasteiger partial charge in [0.05, 0.1) is 10.9 Å². The summed E-state index contributed by atoms with van der Waals surface area (Å²) in [5.74, 6) is 1.98. The molecule has 0 aliphatic carbocycles. The van der Waals surface area contributed by atoms with Crippen LogP contribution in [0.1, 0.15) is 11.4 Å². The van der Waals surface area contributed by atoms with Crippen molar-refractivity contribution in [3.05, 3.63) is 61.7 Å². The summed E-state index contributed by atoms with van der Waals surface area (Å²) in [5.41, 5.74) is 1.48. The van der Waals surface area contributed by atoms with Gasteiger partial charge in [-0.05, 0) is 64.6 Å². The topological polar surface area (TPSA) is 64.2 Å². The first kappa shape index (κ1) is 14.3. The highest BCUT2D eigenvalue weighted by Gasteiger charge is 2.12. The van der Waals surface area contributed by atoms with Crippen LogP contribution < -0.4 is 15.0 Å². The minimum atomic E-state index is -0.140. The molecule has 0 fully saturated rings. The number of nitrogens with one attached hydrogen (secondary N) is 1. The van der Waals surface area contributed by atoms with Crippen LogP contribution in [-0.4, -0.2) is 16.8 Å². The third kappa shape index (κ3) is 2.81. The number of hydrogen-bond acceptors (Lipinski definition) is 4. The second kappa shape index (κ2) is 5.69. The summed E-state index contributed by atoms with van der Waals surface area (Å²) in [7, 11) is 0. The molecule has 0 radical (unpaired) electrons. The van der Waals surface area contributed by atoms with Gasteiger partial charge in [-0.3, -0.25) is 4.79 Å². The highest BCUT2D eigenvalue weighted by atomic mass is 127. The molecule has 1 aliphatic rings. The van der Waals surface area contributed by atoms with E-state index in [-0.39, 0.29) is 12.4 Å². The van der Waals surface area contributed by atoms with Crippen LogP contribution in [0.5, 0.6) is 11.5 Å². The van der Waals surface area contributed by atoms with Crippen molar-refractivity contribution in [3.63, 3.8) is 0 Å². The Bertz CT molecular complexity index is 995. The lowest BCUT2D eigenvalue weighted by Crippen LogP contribution is -2.09. The van der Waals surface area contributed by atoms with E-state index in [9.17, 15) is 4.79 Å². The molecule has 0 bridgehead atoms. The van der Waals surface area contributed by atoms with Gasteiger partial charge in [-0.15, -0.1) is 0 Å². The van der Waals surface area contributed by atoms with E-state index < -0.39 is 0 Å². The molecule has 0 amide bonds. The molecule has 0 spiro atoms. The van der Waals surface area contributed by atoms with Crippen LogP contribution in [-0.2, 0) is 0 Å². The van der Waals surface area contributed by atoms with E-state index in [0.717, 1.165) is 20.6 Å². The van der Waals surface area contributed by atoms with Crippen molar-refractivity contribution >= 4 is 45.6 Å². The molecule has 2 heterocycles. The second-order valence-electron chi connectivity index (χ2n) is 5.06. The van der Waals surface area contributed by atoms with Gasteiger partial charge in [-0.25, -0.2) is 4.98 Å². The molecular weight excluding hydrogens is 407 g/mol. The maximum Gasteiger partial charge on any atom is 0.259 e. The number of rotatable bonds is 2. The number of hydrogen-bond donors (Lipinski definition) is 1. The molecule has 23 heavy (non-hydrogen) atoms. The number of benzene rings is 2. The van der Waals surface area contributed by atoms with Crippen LogP contribution >= 0.6 is 22.6 Å². The van der Waals surface area contributed by atoms with Crippen molar-refractivity contribution in [2.75, 3.05) is 6.79 Å². The highest BCUT2D eigenvalue weighted by molar-refractivity contribution is 14.1. The summed E-state index contributed by atoms with van der Waals surface area (Å²) in [5, 5.41) is 0.595. The molecule has 0 saturated carbocycles. The van der Waals surface area contributed by atoms with E-state index in [1.807, 2.05) is 42.5 Å². The smallest absolute Gasteiger partial charge is 0.259 e. The lowest BCUT2D eigenvalue weighted by molar-refractivity contribution is 0.174. The zero-order valence-electron chi connectivity index (χ0n) is 11.9.